The van der Waals surface area contributed by atoms with Crippen LogP contribution in [0.15, 0.2) is 11.6 Å². The molecular weight excluding hydrogens is 236 g/mol. The Morgan fingerprint density at radius 1 is 1.47 bits per heavy atom. The molecule has 1 N–H and O–H groups in total. The highest BCUT2D eigenvalue weighted by atomic mass is 35.5. The van der Waals surface area contributed by atoms with Crippen LogP contribution in [0.4, 0.5) is 4.39 Å². The zero-order chi connectivity index (χ0) is 11.1. The highest BCUT2D eigenvalue weighted by Crippen LogP contribution is 2.46. The van der Waals surface area contributed by atoms with Crippen LogP contribution in [0, 0.1) is 5.92 Å². The van der Waals surface area contributed by atoms with Crippen molar-refractivity contribution < 1.29 is 4.39 Å². The Morgan fingerprint density at radius 3 is 2.73 bits per heavy atom. The van der Waals surface area contributed by atoms with Crippen LogP contribution in [0.2, 0.25) is 0 Å². The quantitative estimate of drug-likeness (QED) is 0.452. The molecule has 0 aliphatic heterocycles. The van der Waals surface area contributed by atoms with Crippen LogP contribution in [-0.2, 0) is 0 Å². The Bertz CT molecular complexity index is 282. The van der Waals surface area contributed by atoms with Gasteiger partial charge < -0.3 is 0 Å². The predicted molar refractivity (Wildman–Crippen MR) is 62.2 cm³/mol. The van der Waals surface area contributed by atoms with E-state index in [4.69, 9.17) is 23.2 Å². The van der Waals surface area contributed by atoms with E-state index in [0.29, 0.717) is 6.42 Å². The third-order valence-electron chi connectivity index (χ3n) is 3.60. The van der Waals surface area contributed by atoms with Gasteiger partial charge in [0.05, 0.1) is 10.8 Å². The summed E-state index contributed by atoms with van der Waals surface area (Å²) in [4.78, 5) is 0. The van der Waals surface area contributed by atoms with Crippen molar-refractivity contribution in [3.05, 3.63) is 11.6 Å². The second kappa shape index (κ2) is 4.23. The molecule has 0 saturated heterocycles. The van der Waals surface area contributed by atoms with Gasteiger partial charge in [0.2, 0.25) is 0 Å². The van der Waals surface area contributed by atoms with Gasteiger partial charge in [0.25, 0.3) is 0 Å². The van der Waals surface area contributed by atoms with Gasteiger partial charge in [-0.2, -0.15) is 0 Å². The zero-order valence-electron chi connectivity index (χ0n) is 8.77. The molecule has 4 atom stereocenters. The molecule has 2 aliphatic rings. The van der Waals surface area contributed by atoms with Crippen LogP contribution in [0.3, 0.4) is 0 Å². The number of hydrogen-bond acceptors (Lipinski definition) is 1. The Hall–Kier alpha value is 0.210. The minimum atomic E-state index is -1.28. The molecule has 1 nitrogen and oxygen atoms in total. The molecule has 0 aromatic carbocycles. The third kappa shape index (κ3) is 1.92. The average Bonchev–Trinajstić information content (AvgIpc) is 2.27. The Balaban J connectivity index is 2.16. The van der Waals surface area contributed by atoms with Crippen LogP contribution in [-0.4, -0.2) is 23.6 Å². The molecule has 15 heavy (non-hydrogen) atoms. The van der Waals surface area contributed by atoms with Gasteiger partial charge in [-0.15, -0.1) is 23.2 Å². The third-order valence-corrected chi connectivity index (χ3v) is 4.63. The van der Waals surface area contributed by atoms with Crippen molar-refractivity contribution in [1.29, 1.82) is 0 Å². The van der Waals surface area contributed by atoms with Gasteiger partial charge in [0.15, 0.2) is 5.79 Å². The SMILES string of the molecule is CN[C@]1(F)CCCCC1C1=CC(Cl)[C@H]1Cl. The summed E-state index contributed by atoms with van der Waals surface area (Å²) in [6, 6.07) is 0. The van der Waals surface area contributed by atoms with E-state index in [2.05, 4.69) is 5.32 Å². The number of rotatable bonds is 2. The van der Waals surface area contributed by atoms with Crippen molar-refractivity contribution in [3.8, 4) is 0 Å². The van der Waals surface area contributed by atoms with Crippen molar-refractivity contribution in [2.24, 2.45) is 5.92 Å². The summed E-state index contributed by atoms with van der Waals surface area (Å²) in [6.45, 7) is 0. The van der Waals surface area contributed by atoms with Crippen LogP contribution >= 0.6 is 23.2 Å². The summed E-state index contributed by atoms with van der Waals surface area (Å²) in [7, 11) is 1.68. The number of nitrogens with one attached hydrogen (secondary N) is 1. The molecule has 0 heterocycles. The maximum atomic E-state index is 14.5. The van der Waals surface area contributed by atoms with E-state index in [1.54, 1.807) is 7.05 Å². The first-order valence-electron chi connectivity index (χ1n) is 5.46. The second-order valence-corrected chi connectivity index (χ2v) is 5.40. The molecule has 0 radical (unpaired) electrons. The summed E-state index contributed by atoms with van der Waals surface area (Å²) in [6.07, 6.45) is 5.36. The van der Waals surface area contributed by atoms with Crippen LogP contribution in [0.5, 0.6) is 0 Å². The highest BCUT2D eigenvalue weighted by molar-refractivity contribution is 6.33. The highest BCUT2D eigenvalue weighted by Gasteiger charge is 2.46. The lowest BCUT2D eigenvalue weighted by Crippen LogP contribution is -2.51. The van der Waals surface area contributed by atoms with Crippen LogP contribution < -0.4 is 5.32 Å². The zero-order valence-corrected chi connectivity index (χ0v) is 10.3. The molecule has 1 saturated carbocycles. The lowest BCUT2D eigenvalue weighted by atomic mass is 9.73. The molecule has 0 amide bonds. The van der Waals surface area contributed by atoms with E-state index in [1.807, 2.05) is 6.08 Å². The summed E-state index contributed by atoms with van der Waals surface area (Å²) in [5, 5.41) is 2.50. The molecular formula is C11H16Cl2FN. The van der Waals surface area contributed by atoms with Crippen molar-refractivity contribution in [2.45, 2.75) is 42.2 Å². The van der Waals surface area contributed by atoms with Gasteiger partial charge in [-0.1, -0.05) is 12.5 Å². The molecule has 0 aromatic heterocycles. The van der Waals surface area contributed by atoms with E-state index in [1.165, 1.54) is 0 Å². The van der Waals surface area contributed by atoms with E-state index in [0.717, 1.165) is 24.8 Å². The maximum Gasteiger partial charge on any atom is 0.168 e. The summed E-state index contributed by atoms with van der Waals surface area (Å²) < 4.78 is 14.5. The van der Waals surface area contributed by atoms with Crippen molar-refractivity contribution in [3.63, 3.8) is 0 Å². The normalized spacial score (nSPS) is 45.9. The monoisotopic (exact) mass is 251 g/mol. The molecule has 2 rings (SSSR count). The number of allylic oxidation sites excluding steroid dienone is 1. The molecule has 1 fully saturated rings. The Kier molecular flexibility index (Phi) is 3.30. The minimum absolute atomic E-state index is 0.0891. The van der Waals surface area contributed by atoms with Gasteiger partial charge in [0, 0.05) is 5.92 Å². The van der Waals surface area contributed by atoms with Crippen molar-refractivity contribution in [1.82, 2.24) is 5.32 Å². The number of halogens is 3. The molecule has 2 aliphatic carbocycles. The van der Waals surface area contributed by atoms with E-state index in [9.17, 15) is 4.39 Å². The minimum Gasteiger partial charge on any atom is -0.288 e. The smallest absolute Gasteiger partial charge is 0.168 e. The van der Waals surface area contributed by atoms with Gasteiger partial charge in [-0.25, -0.2) is 4.39 Å². The average molecular weight is 252 g/mol. The van der Waals surface area contributed by atoms with Crippen LogP contribution in [0.1, 0.15) is 25.7 Å². The number of hydrogen-bond donors (Lipinski definition) is 1. The van der Waals surface area contributed by atoms with Gasteiger partial charge >= 0.3 is 0 Å². The van der Waals surface area contributed by atoms with E-state index in [-0.39, 0.29) is 16.7 Å². The first-order chi connectivity index (χ1) is 7.08. The molecule has 2 unspecified atom stereocenters. The maximum absolute atomic E-state index is 14.5. The summed E-state index contributed by atoms with van der Waals surface area (Å²) in [5.74, 6) is -1.37. The van der Waals surface area contributed by atoms with Gasteiger partial charge in [0.1, 0.15) is 0 Å². The Labute approximate surface area is 100 Å². The fourth-order valence-corrected chi connectivity index (χ4v) is 3.19. The van der Waals surface area contributed by atoms with E-state index >= 15 is 0 Å². The first-order valence-corrected chi connectivity index (χ1v) is 6.33. The second-order valence-electron chi connectivity index (χ2n) is 4.42. The lowest BCUT2D eigenvalue weighted by molar-refractivity contribution is 0.0265. The largest absolute Gasteiger partial charge is 0.288 e. The molecule has 0 spiro atoms. The fourth-order valence-electron chi connectivity index (χ4n) is 2.60. The molecule has 86 valence electrons. The molecule has 0 bridgehead atoms. The summed E-state index contributed by atoms with van der Waals surface area (Å²) in [5.41, 5.74) is 0.994. The molecule has 0 aromatic rings. The number of alkyl halides is 3. The first kappa shape index (κ1) is 11.7. The van der Waals surface area contributed by atoms with Crippen molar-refractivity contribution in [2.75, 3.05) is 7.05 Å². The standard InChI is InChI=1S/C11H16Cl2FN/c1-15-11(14)5-3-2-4-8(11)7-6-9(12)10(7)13/h6,8-10,15H,2-5H2,1H3/t8?,9?,10-,11+/m0/s1. The Morgan fingerprint density at radius 2 is 2.20 bits per heavy atom. The fraction of sp³-hybridized carbons (Fsp3) is 0.818. The lowest BCUT2D eigenvalue weighted by Gasteiger charge is -2.43. The van der Waals surface area contributed by atoms with E-state index < -0.39 is 5.79 Å². The predicted octanol–water partition coefficient (Wildman–Crippen LogP) is 3.22. The summed E-state index contributed by atoms with van der Waals surface area (Å²) >= 11 is 12.0. The van der Waals surface area contributed by atoms with Gasteiger partial charge in [-0.3, -0.25) is 5.32 Å². The van der Waals surface area contributed by atoms with Gasteiger partial charge in [-0.05, 0) is 31.9 Å². The topological polar surface area (TPSA) is 12.0 Å². The molecule has 4 heteroatoms. The van der Waals surface area contributed by atoms with Crippen LogP contribution in [0.25, 0.3) is 0 Å². The van der Waals surface area contributed by atoms with Crippen molar-refractivity contribution >= 4 is 23.2 Å².